The van der Waals surface area contributed by atoms with Gasteiger partial charge in [-0.15, -0.1) is 5.92 Å². The van der Waals surface area contributed by atoms with Crippen LogP contribution in [-0.2, 0) is 0 Å². The van der Waals surface area contributed by atoms with Crippen LogP contribution in [0.2, 0.25) is 0 Å². The first kappa shape index (κ1) is 14.5. The Balaban J connectivity index is 2.79. The van der Waals surface area contributed by atoms with Crippen molar-refractivity contribution in [3.8, 4) is 17.7 Å². The second-order valence-corrected chi connectivity index (χ2v) is 5.08. The Bertz CT molecular complexity index is 440. The fraction of sp³-hybridized carbons (Fsp3) is 0.571. The highest BCUT2D eigenvalue weighted by Crippen LogP contribution is 2.17. The summed E-state index contributed by atoms with van der Waals surface area (Å²) in [5, 5.41) is 3.21. The van der Waals surface area contributed by atoms with Crippen molar-refractivity contribution in [2.75, 3.05) is 14.2 Å². The van der Waals surface area contributed by atoms with Gasteiger partial charge in [-0.05, 0) is 27.8 Å². The standard InChI is InChI=1S/C14H21N3O/c1-14(2,3)8-6-7-11(15-4)12-9-13(18-5)17-10-16-12/h9-11,15H,7H2,1-5H3. The van der Waals surface area contributed by atoms with Crippen LogP contribution in [0.4, 0.5) is 0 Å². The summed E-state index contributed by atoms with van der Waals surface area (Å²) in [7, 11) is 3.50. The number of hydrogen-bond acceptors (Lipinski definition) is 4. The summed E-state index contributed by atoms with van der Waals surface area (Å²) in [6, 6.07) is 1.93. The molecule has 1 atom stereocenters. The molecule has 0 amide bonds. The maximum absolute atomic E-state index is 5.09. The molecule has 0 aliphatic rings. The third kappa shape index (κ3) is 4.72. The summed E-state index contributed by atoms with van der Waals surface area (Å²) in [4.78, 5) is 8.25. The first-order valence-electron chi connectivity index (χ1n) is 5.99. The lowest BCUT2D eigenvalue weighted by atomic mass is 9.97. The zero-order chi connectivity index (χ0) is 13.6. The normalized spacial score (nSPS) is 12.5. The van der Waals surface area contributed by atoms with Crippen molar-refractivity contribution in [2.24, 2.45) is 5.41 Å². The van der Waals surface area contributed by atoms with E-state index >= 15 is 0 Å². The average molecular weight is 247 g/mol. The van der Waals surface area contributed by atoms with E-state index in [2.05, 4.69) is 47.9 Å². The molecular weight excluding hydrogens is 226 g/mol. The monoisotopic (exact) mass is 247 g/mol. The van der Waals surface area contributed by atoms with E-state index in [1.54, 1.807) is 7.11 Å². The number of nitrogens with one attached hydrogen (secondary N) is 1. The minimum atomic E-state index is 0.0294. The predicted octanol–water partition coefficient (Wildman–Crippen LogP) is 2.19. The van der Waals surface area contributed by atoms with Gasteiger partial charge in [-0.2, -0.15) is 0 Å². The maximum Gasteiger partial charge on any atom is 0.216 e. The van der Waals surface area contributed by atoms with Gasteiger partial charge in [-0.3, -0.25) is 0 Å². The van der Waals surface area contributed by atoms with E-state index in [9.17, 15) is 0 Å². The summed E-state index contributed by atoms with van der Waals surface area (Å²) < 4.78 is 5.09. The predicted molar refractivity (Wildman–Crippen MR) is 72.2 cm³/mol. The van der Waals surface area contributed by atoms with Crippen LogP contribution in [0.5, 0.6) is 5.88 Å². The molecule has 1 heterocycles. The van der Waals surface area contributed by atoms with Crippen LogP contribution in [0, 0.1) is 17.3 Å². The smallest absolute Gasteiger partial charge is 0.216 e. The van der Waals surface area contributed by atoms with Gasteiger partial charge in [0.2, 0.25) is 5.88 Å². The average Bonchev–Trinajstić information content (AvgIpc) is 2.33. The van der Waals surface area contributed by atoms with Crippen LogP contribution in [0.15, 0.2) is 12.4 Å². The van der Waals surface area contributed by atoms with Crippen molar-refractivity contribution < 1.29 is 4.74 Å². The van der Waals surface area contributed by atoms with Gasteiger partial charge in [0.05, 0.1) is 18.8 Å². The highest BCUT2D eigenvalue weighted by atomic mass is 16.5. The molecule has 0 aliphatic heterocycles. The van der Waals surface area contributed by atoms with E-state index in [0.29, 0.717) is 12.3 Å². The molecule has 1 rings (SSSR count). The fourth-order valence-electron chi connectivity index (χ4n) is 1.43. The van der Waals surface area contributed by atoms with Crippen molar-refractivity contribution in [3.05, 3.63) is 18.1 Å². The van der Waals surface area contributed by atoms with Crippen LogP contribution >= 0.6 is 0 Å². The van der Waals surface area contributed by atoms with E-state index < -0.39 is 0 Å². The van der Waals surface area contributed by atoms with Gasteiger partial charge in [0, 0.05) is 17.9 Å². The van der Waals surface area contributed by atoms with E-state index in [1.165, 1.54) is 6.33 Å². The quantitative estimate of drug-likeness (QED) is 0.828. The van der Waals surface area contributed by atoms with Gasteiger partial charge in [-0.1, -0.05) is 5.92 Å². The van der Waals surface area contributed by atoms with Gasteiger partial charge in [0.15, 0.2) is 0 Å². The van der Waals surface area contributed by atoms with E-state index in [4.69, 9.17) is 4.74 Å². The number of hydrogen-bond donors (Lipinski definition) is 1. The Morgan fingerprint density at radius 2 is 2.11 bits per heavy atom. The van der Waals surface area contributed by atoms with Crippen molar-refractivity contribution in [1.29, 1.82) is 0 Å². The van der Waals surface area contributed by atoms with E-state index in [1.807, 2.05) is 13.1 Å². The Labute approximate surface area is 109 Å². The molecule has 18 heavy (non-hydrogen) atoms. The Kier molecular flexibility index (Phi) is 5.11. The molecule has 0 aliphatic carbocycles. The van der Waals surface area contributed by atoms with Gasteiger partial charge < -0.3 is 10.1 Å². The molecule has 0 fully saturated rings. The third-order valence-corrected chi connectivity index (χ3v) is 2.35. The summed E-state index contributed by atoms with van der Waals surface area (Å²) in [6.45, 7) is 6.30. The SMILES string of the molecule is CNC(CC#CC(C)(C)C)c1cc(OC)ncn1. The minimum Gasteiger partial charge on any atom is -0.481 e. The lowest BCUT2D eigenvalue weighted by Crippen LogP contribution is -2.17. The number of rotatable bonds is 4. The third-order valence-electron chi connectivity index (χ3n) is 2.35. The number of ether oxygens (including phenoxy) is 1. The lowest BCUT2D eigenvalue weighted by Gasteiger charge is -2.13. The molecule has 0 saturated carbocycles. The highest BCUT2D eigenvalue weighted by Gasteiger charge is 2.11. The van der Waals surface area contributed by atoms with Crippen LogP contribution < -0.4 is 10.1 Å². The van der Waals surface area contributed by atoms with Gasteiger partial charge in [-0.25, -0.2) is 9.97 Å². The fourth-order valence-corrected chi connectivity index (χ4v) is 1.43. The first-order valence-corrected chi connectivity index (χ1v) is 5.99. The van der Waals surface area contributed by atoms with Crippen LogP contribution in [0.1, 0.15) is 38.9 Å². The Morgan fingerprint density at radius 3 is 2.67 bits per heavy atom. The molecule has 1 N–H and O–H groups in total. The molecular formula is C14H21N3O. The molecule has 1 unspecified atom stereocenters. The summed E-state index contributed by atoms with van der Waals surface area (Å²) in [6.07, 6.45) is 2.23. The molecule has 4 nitrogen and oxygen atoms in total. The Morgan fingerprint density at radius 1 is 1.39 bits per heavy atom. The van der Waals surface area contributed by atoms with Crippen molar-refractivity contribution in [3.63, 3.8) is 0 Å². The van der Waals surface area contributed by atoms with Crippen molar-refractivity contribution in [2.45, 2.75) is 33.2 Å². The molecule has 4 heteroatoms. The molecule has 0 radical (unpaired) electrons. The molecule has 0 aromatic carbocycles. The second-order valence-electron chi connectivity index (χ2n) is 5.08. The zero-order valence-corrected chi connectivity index (χ0v) is 11.7. The maximum atomic E-state index is 5.09. The van der Waals surface area contributed by atoms with Gasteiger partial charge in [0.25, 0.3) is 0 Å². The molecule has 0 bridgehead atoms. The number of nitrogens with zero attached hydrogens (tertiary/aromatic N) is 2. The zero-order valence-electron chi connectivity index (χ0n) is 11.7. The minimum absolute atomic E-state index is 0.0294. The summed E-state index contributed by atoms with van der Waals surface area (Å²) in [5.41, 5.74) is 0.925. The highest BCUT2D eigenvalue weighted by molar-refractivity contribution is 5.19. The molecule has 1 aromatic heterocycles. The topological polar surface area (TPSA) is 47.0 Å². The van der Waals surface area contributed by atoms with E-state index in [-0.39, 0.29) is 11.5 Å². The molecule has 98 valence electrons. The Hall–Kier alpha value is -1.60. The number of methoxy groups -OCH3 is 1. The molecule has 1 aromatic rings. The molecule has 0 saturated heterocycles. The molecule has 0 spiro atoms. The van der Waals surface area contributed by atoms with E-state index in [0.717, 1.165) is 5.69 Å². The van der Waals surface area contributed by atoms with Crippen LogP contribution in [0.25, 0.3) is 0 Å². The summed E-state index contributed by atoms with van der Waals surface area (Å²) in [5.74, 6) is 6.99. The number of aromatic nitrogens is 2. The summed E-state index contributed by atoms with van der Waals surface area (Å²) >= 11 is 0. The first-order chi connectivity index (χ1) is 8.46. The van der Waals surface area contributed by atoms with Gasteiger partial charge in [0.1, 0.15) is 6.33 Å². The largest absolute Gasteiger partial charge is 0.481 e. The lowest BCUT2D eigenvalue weighted by molar-refractivity contribution is 0.394. The van der Waals surface area contributed by atoms with Gasteiger partial charge >= 0.3 is 0 Å². The second kappa shape index (κ2) is 6.36. The van der Waals surface area contributed by atoms with Crippen LogP contribution in [-0.4, -0.2) is 24.1 Å². The van der Waals surface area contributed by atoms with Crippen molar-refractivity contribution >= 4 is 0 Å². The van der Waals surface area contributed by atoms with Crippen LogP contribution in [0.3, 0.4) is 0 Å². The van der Waals surface area contributed by atoms with Crippen molar-refractivity contribution in [1.82, 2.24) is 15.3 Å².